The van der Waals surface area contributed by atoms with E-state index in [1.54, 1.807) is 36.4 Å². The van der Waals surface area contributed by atoms with E-state index in [1.165, 1.54) is 15.9 Å². The molecule has 0 saturated carbocycles. The molecule has 0 radical (unpaired) electrons. The summed E-state index contributed by atoms with van der Waals surface area (Å²) in [7, 11) is 0. The zero-order chi connectivity index (χ0) is 22.7. The Morgan fingerprint density at radius 1 is 1.06 bits per heavy atom. The van der Waals surface area contributed by atoms with Crippen LogP contribution in [-0.4, -0.2) is 14.6 Å². The molecule has 9 heteroatoms. The summed E-state index contributed by atoms with van der Waals surface area (Å²) in [5.41, 5.74) is 2.10. The third-order valence-electron chi connectivity index (χ3n) is 5.32. The van der Waals surface area contributed by atoms with Crippen molar-refractivity contribution in [1.82, 2.24) is 14.6 Å². The van der Waals surface area contributed by atoms with Gasteiger partial charge in [0.15, 0.2) is 5.76 Å². The van der Waals surface area contributed by atoms with Gasteiger partial charge in [0.1, 0.15) is 21.6 Å². The maximum Gasteiger partial charge on any atom is 0.291 e. The molecule has 6 nitrogen and oxygen atoms in total. The van der Waals surface area contributed by atoms with E-state index >= 15 is 0 Å². The molecule has 4 heterocycles. The van der Waals surface area contributed by atoms with Crippen LogP contribution in [0.15, 0.2) is 68.2 Å². The molecule has 0 aliphatic carbocycles. The van der Waals surface area contributed by atoms with Gasteiger partial charge in [-0.15, -0.1) is 5.10 Å². The lowest BCUT2D eigenvalue weighted by Gasteiger charge is -2.00. The summed E-state index contributed by atoms with van der Waals surface area (Å²) >= 11 is 13.6. The minimum Gasteiger partial charge on any atom is -0.457 e. The number of halogens is 2. The number of para-hydroxylation sites is 1. The molecule has 6 rings (SSSR count). The monoisotopic (exact) mass is 493 g/mol. The van der Waals surface area contributed by atoms with Crippen LogP contribution in [0.2, 0.25) is 10.0 Å². The Morgan fingerprint density at radius 3 is 2.73 bits per heavy atom. The lowest BCUT2D eigenvalue weighted by molar-refractivity contribution is 0.571. The van der Waals surface area contributed by atoms with Crippen LogP contribution in [0.3, 0.4) is 0 Å². The highest BCUT2D eigenvalue weighted by atomic mass is 35.5. The summed E-state index contributed by atoms with van der Waals surface area (Å²) in [6.07, 6.45) is 1.66. The van der Waals surface area contributed by atoms with Crippen molar-refractivity contribution in [3.8, 4) is 22.9 Å². The zero-order valence-corrected chi connectivity index (χ0v) is 19.3. The topological polar surface area (TPSA) is 73.5 Å². The van der Waals surface area contributed by atoms with Crippen LogP contribution in [0.25, 0.3) is 44.9 Å². The maximum absolute atomic E-state index is 12.9. The van der Waals surface area contributed by atoms with Crippen molar-refractivity contribution < 1.29 is 8.83 Å². The Labute approximate surface area is 200 Å². The molecule has 0 aliphatic rings. The summed E-state index contributed by atoms with van der Waals surface area (Å²) in [6, 6.07) is 16.4. The van der Waals surface area contributed by atoms with Crippen molar-refractivity contribution in [1.29, 1.82) is 0 Å². The predicted molar refractivity (Wildman–Crippen MR) is 130 cm³/mol. The van der Waals surface area contributed by atoms with Crippen LogP contribution < -0.4 is 10.1 Å². The number of aromatic nitrogens is 3. The fourth-order valence-electron chi connectivity index (χ4n) is 3.71. The highest BCUT2D eigenvalue weighted by Gasteiger charge is 2.19. The first-order chi connectivity index (χ1) is 16.0. The molecule has 0 saturated heterocycles. The first kappa shape index (κ1) is 20.2. The van der Waals surface area contributed by atoms with Crippen molar-refractivity contribution in [3.63, 3.8) is 0 Å². The minimum absolute atomic E-state index is 0.277. The maximum atomic E-state index is 12.9. The molecule has 33 heavy (non-hydrogen) atoms. The van der Waals surface area contributed by atoms with Crippen molar-refractivity contribution in [2.75, 3.05) is 0 Å². The van der Waals surface area contributed by atoms with Crippen molar-refractivity contribution in [3.05, 3.63) is 90.9 Å². The number of aryl methyl sites for hydroxylation is 1. The second-order valence-electron chi connectivity index (χ2n) is 7.42. The largest absolute Gasteiger partial charge is 0.457 e. The van der Waals surface area contributed by atoms with Gasteiger partial charge in [0.05, 0.1) is 5.02 Å². The molecule has 0 unspecified atom stereocenters. The minimum atomic E-state index is -0.277. The van der Waals surface area contributed by atoms with Crippen LogP contribution in [0.5, 0.6) is 0 Å². The molecule has 0 N–H and O–H groups in total. The van der Waals surface area contributed by atoms with Gasteiger partial charge < -0.3 is 8.83 Å². The van der Waals surface area contributed by atoms with E-state index in [0.717, 1.165) is 16.5 Å². The van der Waals surface area contributed by atoms with Crippen LogP contribution >= 0.6 is 34.5 Å². The predicted octanol–water partition coefficient (Wildman–Crippen LogP) is 5.99. The van der Waals surface area contributed by atoms with E-state index in [4.69, 9.17) is 32.0 Å². The van der Waals surface area contributed by atoms with Gasteiger partial charge in [0, 0.05) is 27.6 Å². The number of nitrogens with zero attached hydrogens (tertiary/aromatic N) is 3. The summed E-state index contributed by atoms with van der Waals surface area (Å²) in [6.45, 7) is 1.95. The second-order valence-corrected chi connectivity index (χ2v) is 9.28. The number of furan rings is 2. The van der Waals surface area contributed by atoms with E-state index in [9.17, 15) is 4.79 Å². The Balaban J connectivity index is 1.40. The Hall–Kier alpha value is -3.39. The fourth-order valence-corrected chi connectivity index (χ4v) is 4.98. The van der Waals surface area contributed by atoms with Gasteiger partial charge in [-0.2, -0.15) is 9.50 Å². The SMILES string of the molecule is Cc1c(-c2nc3sc(=Cc4ccc(-c5cc(Cl)ccc5Cl)o4)c(=O)n3n2)oc2ccccc12. The number of thiazole rings is 1. The van der Waals surface area contributed by atoms with Gasteiger partial charge >= 0.3 is 0 Å². The number of benzene rings is 2. The molecule has 4 aromatic heterocycles. The number of rotatable bonds is 3. The molecule has 0 atom stereocenters. The summed E-state index contributed by atoms with van der Waals surface area (Å²) in [5.74, 6) is 2.01. The average molecular weight is 494 g/mol. The molecule has 162 valence electrons. The normalized spacial score (nSPS) is 12.4. The summed E-state index contributed by atoms with van der Waals surface area (Å²) in [4.78, 5) is 17.9. The third-order valence-corrected chi connectivity index (χ3v) is 6.85. The Bertz CT molecular complexity index is 1790. The first-order valence-corrected chi connectivity index (χ1v) is 11.5. The van der Waals surface area contributed by atoms with Gasteiger partial charge in [-0.25, -0.2) is 0 Å². The molecule has 0 bridgehead atoms. The fraction of sp³-hybridized carbons (Fsp3) is 0.0417. The molecule has 2 aromatic carbocycles. The van der Waals surface area contributed by atoms with Gasteiger partial charge in [0.2, 0.25) is 10.8 Å². The molecule has 0 spiro atoms. The molecule has 6 aromatic rings. The number of hydrogen-bond acceptors (Lipinski definition) is 6. The summed E-state index contributed by atoms with van der Waals surface area (Å²) in [5, 5.41) is 6.48. The lowest BCUT2D eigenvalue weighted by Crippen LogP contribution is -2.23. The van der Waals surface area contributed by atoms with Gasteiger partial charge in [-0.1, -0.05) is 52.7 Å². The van der Waals surface area contributed by atoms with Gasteiger partial charge in [-0.3, -0.25) is 4.79 Å². The molecular formula is C24H13Cl2N3O3S. The van der Waals surface area contributed by atoms with E-state index in [2.05, 4.69) is 10.1 Å². The second kappa shape index (κ2) is 7.59. The van der Waals surface area contributed by atoms with Crippen LogP contribution in [0.4, 0.5) is 0 Å². The Morgan fingerprint density at radius 2 is 1.91 bits per heavy atom. The number of fused-ring (bicyclic) bond motifs is 2. The highest BCUT2D eigenvalue weighted by Crippen LogP contribution is 2.33. The van der Waals surface area contributed by atoms with Crippen molar-refractivity contribution in [2.45, 2.75) is 6.92 Å². The van der Waals surface area contributed by atoms with Crippen LogP contribution in [-0.2, 0) is 0 Å². The zero-order valence-electron chi connectivity index (χ0n) is 17.0. The smallest absolute Gasteiger partial charge is 0.291 e. The quantitative estimate of drug-likeness (QED) is 0.302. The molecular weight excluding hydrogens is 481 g/mol. The van der Waals surface area contributed by atoms with Gasteiger partial charge in [0.25, 0.3) is 5.56 Å². The first-order valence-electron chi connectivity index (χ1n) is 9.93. The van der Waals surface area contributed by atoms with Crippen LogP contribution in [0.1, 0.15) is 11.3 Å². The molecule has 0 fully saturated rings. The van der Waals surface area contributed by atoms with E-state index in [0.29, 0.717) is 48.2 Å². The van der Waals surface area contributed by atoms with Gasteiger partial charge in [-0.05, 0) is 43.3 Å². The summed E-state index contributed by atoms with van der Waals surface area (Å²) < 4.78 is 13.6. The average Bonchev–Trinajstić information content (AvgIpc) is 3.56. The van der Waals surface area contributed by atoms with Crippen LogP contribution in [0, 0.1) is 6.92 Å². The molecule has 0 aliphatic heterocycles. The lowest BCUT2D eigenvalue weighted by atomic mass is 10.1. The van der Waals surface area contributed by atoms with E-state index in [1.807, 2.05) is 31.2 Å². The van der Waals surface area contributed by atoms with E-state index in [-0.39, 0.29) is 5.56 Å². The van der Waals surface area contributed by atoms with E-state index < -0.39 is 0 Å². The van der Waals surface area contributed by atoms with Crippen molar-refractivity contribution in [2.24, 2.45) is 0 Å². The molecule has 0 amide bonds. The standard InChI is InChI=1S/C24H13Cl2N3O3S/c1-12-15-4-2-3-5-18(15)32-21(12)22-27-24-29(28-22)23(30)20(33-24)11-14-7-9-19(31-14)16-10-13(25)6-8-17(16)26/h2-11H,1H3. The third kappa shape index (κ3) is 3.36. The Kier molecular flexibility index (Phi) is 4.65. The van der Waals surface area contributed by atoms with Crippen molar-refractivity contribution >= 4 is 56.5 Å². The number of hydrogen-bond donors (Lipinski definition) is 0. The highest BCUT2D eigenvalue weighted by molar-refractivity contribution is 7.15.